The third-order valence-corrected chi connectivity index (χ3v) is 5.99. The second-order valence-corrected chi connectivity index (χ2v) is 8.17. The largest absolute Gasteiger partial charge is 0.497 e. The summed E-state index contributed by atoms with van der Waals surface area (Å²) in [5.74, 6) is 0.891. The average molecular weight is 401 g/mol. The van der Waals surface area contributed by atoms with Crippen LogP contribution in [-0.2, 0) is 9.53 Å². The predicted molar refractivity (Wildman–Crippen MR) is 113 cm³/mol. The van der Waals surface area contributed by atoms with E-state index in [9.17, 15) is 4.79 Å². The molecule has 0 spiro atoms. The Morgan fingerprint density at radius 2 is 1.82 bits per heavy atom. The normalized spacial score (nSPS) is 16.9. The molecule has 0 unspecified atom stereocenters. The van der Waals surface area contributed by atoms with Crippen LogP contribution in [0.25, 0.3) is 0 Å². The minimum absolute atomic E-state index is 0.0561. The molecule has 1 amide bonds. The van der Waals surface area contributed by atoms with E-state index in [0.29, 0.717) is 6.54 Å². The van der Waals surface area contributed by atoms with Crippen LogP contribution in [0.2, 0.25) is 0 Å². The summed E-state index contributed by atoms with van der Waals surface area (Å²) in [5, 5.41) is 3.00. The zero-order chi connectivity index (χ0) is 19.8. The van der Waals surface area contributed by atoms with Gasteiger partial charge in [-0.1, -0.05) is 30.3 Å². The van der Waals surface area contributed by atoms with Gasteiger partial charge >= 0.3 is 0 Å². The van der Waals surface area contributed by atoms with E-state index in [1.165, 1.54) is 5.56 Å². The van der Waals surface area contributed by atoms with Gasteiger partial charge in [-0.15, -0.1) is 11.8 Å². The fraction of sp³-hybridized carbons (Fsp3) is 0.409. The lowest BCUT2D eigenvalue weighted by Gasteiger charge is -2.35. The van der Waals surface area contributed by atoms with E-state index in [4.69, 9.17) is 9.47 Å². The summed E-state index contributed by atoms with van der Waals surface area (Å²) in [6, 6.07) is 18.2. The van der Waals surface area contributed by atoms with E-state index < -0.39 is 0 Å². The van der Waals surface area contributed by atoms with Crippen molar-refractivity contribution in [1.82, 2.24) is 10.2 Å². The summed E-state index contributed by atoms with van der Waals surface area (Å²) in [6.07, 6.45) is 0. The van der Waals surface area contributed by atoms with Crippen LogP contribution in [0.4, 0.5) is 0 Å². The van der Waals surface area contributed by atoms with Crippen molar-refractivity contribution in [3.8, 4) is 5.75 Å². The molecule has 1 aliphatic heterocycles. The first-order chi connectivity index (χ1) is 13.7. The second kappa shape index (κ2) is 10.5. The lowest BCUT2D eigenvalue weighted by atomic mass is 10.0. The Hall–Kier alpha value is -2.02. The summed E-state index contributed by atoms with van der Waals surface area (Å²) < 4.78 is 10.8. The van der Waals surface area contributed by atoms with E-state index in [1.54, 1.807) is 18.9 Å². The van der Waals surface area contributed by atoms with E-state index in [-0.39, 0.29) is 17.2 Å². The highest BCUT2D eigenvalue weighted by atomic mass is 32.2. The zero-order valence-corrected chi connectivity index (χ0v) is 17.3. The monoisotopic (exact) mass is 400 g/mol. The Bertz CT molecular complexity index is 733. The molecular formula is C22H28N2O3S. The molecule has 1 N–H and O–H groups in total. The van der Waals surface area contributed by atoms with Crippen molar-refractivity contribution in [2.24, 2.45) is 0 Å². The van der Waals surface area contributed by atoms with E-state index in [2.05, 4.69) is 22.3 Å². The van der Waals surface area contributed by atoms with Gasteiger partial charge in [0.05, 0.1) is 31.6 Å². The number of carbonyl (C=O) groups is 1. The molecule has 0 aromatic heterocycles. The summed E-state index contributed by atoms with van der Waals surface area (Å²) in [5.41, 5.74) is 1.17. The van der Waals surface area contributed by atoms with Gasteiger partial charge in [0.1, 0.15) is 5.75 Å². The number of ether oxygens (including phenoxy) is 2. The highest BCUT2D eigenvalue weighted by Crippen LogP contribution is 2.25. The third kappa shape index (κ3) is 5.74. The van der Waals surface area contributed by atoms with Crippen molar-refractivity contribution < 1.29 is 14.3 Å². The minimum atomic E-state index is -0.149. The Kier molecular flexibility index (Phi) is 7.77. The van der Waals surface area contributed by atoms with Gasteiger partial charge in [0.25, 0.3) is 0 Å². The number of carbonyl (C=O) groups excluding carboxylic acids is 1. The molecule has 6 heteroatoms. The molecule has 1 saturated heterocycles. The Balaban J connectivity index is 1.63. The fourth-order valence-corrected chi connectivity index (χ4v) is 4.18. The van der Waals surface area contributed by atoms with E-state index in [1.807, 2.05) is 49.4 Å². The summed E-state index contributed by atoms with van der Waals surface area (Å²) in [7, 11) is 1.67. The molecule has 2 aromatic rings. The Morgan fingerprint density at radius 3 is 2.46 bits per heavy atom. The van der Waals surface area contributed by atoms with Crippen molar-refractivity contribution in [2.45, 2.75) is 23.1 Å². The van der Waals surface area contributed by atoms with Crippen LogP contribution in [0.3, 0.4) is 0 Å². The smallest absolute Gasteiger partial charge is 0.233 e. The third-order valence-electron chi connectivity index (χ3n) is 4.88. The first-order valence-electron chi connectivity index (χ1n) is 9.62. The van der Waals surface area contributed by atoms with Crippen LogP contribution in [0.5, 0.6) is 5.75 Å². The molecule has 0 radical (unpaired) electrons. The van der Waals surface area contributed by atoms with Crippen LogP contribution in [0, 0.1) is 0 Å². The molecule has 1 heterocycles. The lowest BCUT2D eigenvalue weighted by molar-refractivity contribution is -0.120. The number of hydrogen-bond acceptors (Lipinski definition) is 5. The number of nitrogens with zero attached hydrogens (tertiary/aromatic N) is 1. The average Bonchev–Trinajstić information content (AvgIpc) is 2.75. The number of benzene rings is 2. The minimum Gasteiger partial charge on any atom is -0.497 e. The van der Waals surface area contributed by atoms with Gasteiger partial charge in [-0.05, 0) is 36.8 Å². The number of methoxy groups -OCH3 is 1. The molecule has 2 aromatic carbocycles. The van der Waals surface area contributed by atoms with Gasteiger partial charge in [-0.3, -0.25) is 9.69 Å². The quantitative estimate of drug-likeness (QED) is 0.689. The maximum absolute atomic E-state index is 12.7. The molecular weight excluding hydrogens is 372 g/mol. The summed E-state index contributed by atoms with van der Waals surface area (Å²) in [4.78, 5) is 16.1. The lowest BCUT2D eigenvalue weighted by Crippen LogP contribution is -2.44. The van der Waals surface area contributed by atoms with Crippen molar-refractivity contribution in [2.75, 3.05) is 40.0 Å². The molecule has 1 fully saturated rings. The van der Waals surface area contributed by atoms with Gasteiger partial charge in [-0.2, -0.15) is 0 Å². The van der Waals surface area contributed by atoms with Crippen molar-refractivity contribution in [3.05, 3.63) is 60.2 Å². The molecule has 28 heavy (non-hydrogen) atoms. The Morgan fingerprint density at radius 1 is 1.14 bits per heavy atom. The number of amides is 1. The van der Waals surface area contributed by atoms with Crippen LogP contribution < -0.4 is 10.1 Å². The first-order valence-corrected chi connectivity index (χ1v) is 10.5. The molecule has 0 bridgehead atoms. The van der Waals surface area contributed by atoms with Gasteiger partial charge in [0.2, 0.25) is 5.91 Å². The molecule has 1 aliphatic rings. The molecule has 5 nitrogen and oxygen atoms in total. The van der Waals surface area contributed by atoms with Crippen molar-refractivity contribution in [1.29, 1.82) is 0 Å². The van der Waals surface area contributed by atoms with E-state index >= 15 is 0 Å². The molecule has 3 rings (SSSR count). The Labute approximate surface area is 171 Å². The molecule has 0 aliphatic carbocycles. The van der Waals surface area contributed by atoms with Gasteiger partial charge in [0.15, 0.2) is 0 Å². The highest BCUT2D eigenvalue weighted by molar-refractivity contribution is 8.00. The van der Waals surface area contributed by atoms with Crippen molar-refractivity contribution >= 4 is 17.7 Å². The first kappa shape index (κ1) is 20.7. The van der Waals surface area contributed by atoms with E-state index in [0.717, 1.165) is 36.9 Å². The maximum Gasteiger partial charge on any atom is 0.233 e. The number of thioether (sulfide) groups is 1. The van der Waals surface area contributed by atoms with Gasteiger partial charge in [-0.25, -0.2) is 0 Å². The number of hydrogen-bond donors (Lipinski definition) is 1. The van der Waals surface area contributed by atoms with Gasteiger partial charge < -0.3 is 14.8 Å². The zero-order valence-electron chi connectivity index (χ0n) is 16.5. The van der Waals surface area contributed by atoms with Crippen LogP contribution >= 0.6 is 11.8 Å². The number of nitrogens with one attached hydrogen (secondary N) is 1. The maximum atomic E-state index is 12.7. The van der Waals surface area contributed by atoms with Crippen molar-refractivity contribution in [3.63, 3.8) is 0 Å². The molecule has 0 saturated carbocycles. The van der Waals surface area contributed by atoms with Gasteiger partial charge in [0, 0.05) is 24.5 Å². The van der Waals surface area contributed by atoms with Crippen LogP contribution in [0.1, 0.15) is 18.5 Å². The predicted octanol–water partition coefficient (Wildman–Crippen LogP) is 3.37. The standard InChI is InChI=1S/C22H28N2O3S/c1-17(28-20-6-4-3-5-7-20)22(25)23-16-21(24-12-14-27-15-13-24)18-8-10-19(26-2)11-9-18/h3-11,17,21H,12-16H2,1-2H3,(H,23,25)/t17-,21-/m0/s1. The van der Waals surface area contributed by atoms with Crippen LogP contribution in [-0.4, -0.2) is 56.0 Å². The SMILES string of the molecule is COc1ccc([C@H](CNC(=O)[C@H](C)Sc2ccccc2)N2CCOCC2)cc1. The second-order valence-electron chi connectivity index (χ2n) is 6.76. The molecule has 2 atom stereocenters. The number of morpholine rings is 1. The molecule has 150 valence electrons. The topological polar surface area (TPSA) is 50.8 Å². The highest BCUT2D eigenvalue weighted by Gasteiger charge is 2.24. The fourth-order valence-electron chi connectivity index (χ4n) is 3.27. The van der Waals surface area contributed by atoms with Crippen LogP contribution in [0.15, 0.2) is 59.5 Å². The summed E-state index contributed by atoms with van der Waals surface area (Å²) >= 11 is 1.58. The summed E-state index contributed by atoms with van der Waals surface area (Å²) in [6.45, 7) is 5.69. The number of rotatable bonds is 8.